The number of piperazine rings is 1. The molecule has 3 heterocycles. The van der Waals surface area contributed by atoms with Crippen molar-refractivity contribution in [3.05, 3.63) is 89.3 Å². The van der Waals surface area contributed by atoms with Crippen LogP contribution in [0.2, 0.25) is 0 Å². The van der Waals surface area contributed by atoms with Gasteiger partial charge in [-0.15, -0.1) is 11.3 Å². The number of pyridine rings is 1. The highest BCUT2D eigenvalue weighted by atomic mass is 32.1. The van der Waals surface area contributed by atoms with Gasteiger partial charge in [-0.1, -0.05) is 29.8 Å². The minimum Gasteiger partial charge on any atom is -0.497 e. The van der Waals surface area contributed by atoms with Crippen molar-refractivity contribution in [3.63, 3.8) is 0 Å². The molecule has 8 heteroatoms. The second-order valence-electron chi connectivity index (χ2n) is 10.2. The Balaban J connectivity index is 1.33. The van der Waals surface area contributed by atoms with Crippen LogP contribution in [0.5, 0.6) is 11.5 Å². The number of aryl methyl sites for hydroxylation is 1. The maximum Gasteiger partial charge on any atom is 0.266 e. The van der Waals surface area contributed by atoms with Gasteiger partial charge in [0.1, 0.15) is 21.2 Å². The largest absolute Gasteiger partial charge is 0.497 e. The lowest BCUT2D eigenvalue weighted by molar-refractivity contribution is 0.0752. The maximum absolute atomic E-state index is 13.8. The van der Waals surface area contributed by atoms with E-state index in [-0.39, 0.29) is 5.91 Å². The topological polar surface area (TPSA) is 80.9 Å². The highest BCUT2D eigenvalue weighted by Crippen LogP contribution is 2.42. The van der Waals surface area contributed by atoms with Crippen molar-refractivity contribution in [1.29, 1.82) is 0 Å². The molecule has 208 valence electrons. The number of aromatic nitrogens is 1. The fourth-order valence-corrected chi connectivity index (χ4v) is 6.34. The molecule has 1 amide bonds. The Labute approximate surface area is 243 Å². The van der Waals surface area contributed by atoms with Gasteiger partial charge in [0.25, 0.3) is 5.91 Å². The molecule has 5 aromatic rings. The number of thiophene rings is 1. The number of hydrogen-bond donors (Lipinski definition) is 1. The summed E-state index contributed by atoms with van der Waals surface area (Å²) in [6.45, 7) is 4.80. The van der Waals surface area contributed by atoms with Crippen molar-refractivity contribution in [3.8, 4) is 33.9 Å². The Morgan fingerprint density at radius 3 is 2.02 bits per heavy atom. The van der Waals surface area contributed by atoms with Crippen LogP contribution < -0.4 is 20.1 Å². The number of benzene rings is 3. The monoisotopic (exact) mass is 564 g/mol. The minimum atomic E-state index is -0.0410. The second-order valence-corrected chi connectivity index (χ2v) is 11.2. The second kappa shape index (κ2) is 11.1. The van der Waals surface area contributed by atoms with Crippen molar-refractivity contribution in [2.45, 2.75) is 6.92 Å². The summed E-state index contributed by atoms with van der Waals surface area (Å²) in [5.41, 5.74) is 13.4. The normalized spacial score (nSPS) is 13.4. The molecule has 1 aliphatic heterocycles. The highest BCUT2D eigenvalue weighted by Gasteiger charge is 2.28. The summed E-state index contributed by atoms with van der Waals surface area (Å²) in [7, 11) is 3.32. The quantitative estimate of drug-likeness (QED) is 0.254. The molecule has 1 aliphatic rings. The number of carbonyl (C=O) groups is 1. The van der Waals surface area contributed by atoms with Crippen LogP contribution in [0.4, 0.5) is 11.4 Å². The van der Waals surface area contributed by atoms with E-state index in [0.717, 1.165) is 62.9 Å². The number of methoxy groups -OCH3 is 2. The van der Waals surface area contributed by atoms with E-state index in [1.807, 2.05) is 41.3 Å². The van der Waals surface area contributed by atoms with Gasteiger partial charge in [-0.3, -0.25) is 4.79 Å². The van der Waals surface area contributed by atoms with Gasteiger partial charge in [-0.25, -0.2) is 4.98 Å². The van der Waals surface area contributed by atoms with Crippen molar-refractivity contribution < 1.29 is 14.3 Å². The molecule has 0 radical (unpaired) electrons. The lowest BCUT2D eigenvalue weighted by atomic mass is 9.98. The van der Waals surface area contributed by atoms with Crippen molar-refractivity contribution in [2.24, 2.45) is 0 Å². The average Bonchev–Trinajstić information content (AvgIpc) is 3.37. The number of amides is 1. The van der Waals surface area contributed by atoms with E-state index in [1.165, 1.54) is 16.9 Å². The summed E-state index contributed by atoms with van der Waals surface area (Å²) in [6.07, 6.45) is 0. The third-order valence-corrected chi connectivity index (χ3v) is 8.73. The Morgan fingerprint density at radius 2 is 1.41 bits per heavy atom. The van der Waals surface area contributed by atoms with Crippen LogP contribution in [-0.2, 0) is 0 Å². The summed E-state index contributed by atoms with van der Waals surface area (Å²) in [6, 6.07) is 26.3. The zero-order valence-electron chi connectivity index (χ0n) is 23.4. The first-order valence-electron chi connectivity index (χ1n) is 13.6. The first-order chi connectivity index (χ1) is 19.9. The first-order valence-corrected chi connectivity index (χ1v) is 14.4. The summed E-state index contributed by atoms with van der Waals surface area (Å²) in [4.78, 5) is 24.3. The number of rotatable bonds is 6. The van der Waals surface area contributed by atoms with E-state index in [2.05, 4.69) is 54.3 Å². The third kappa shape index (κ3) is 5.18. The molecule has 0 spiro atoms. The Morgan fingerprint density at radius 1 is 0.829 bits per heavy atom. The number of nitrogens with two attached hydrogens (primary N) is 1. The molecule has 2 N–H and O–H groups in total. The van der Waals surface area contributed by atoms with Gasteiger partial charge in [0.15, 0.2) is 0 Å². The lowest BCUT2D eigenvalue weighted by Gasteiger charge is -2.36. The zero-order chi connectivity index (χ0) is 28.5. The molecular weight excluding hydrogens is 532 g/mol. The molecule has 1 fully saturated rings. The molecule has 41 heavy (non-hydrogen) atoms. The minimum absolute atomic E-state index is 0.0410. The molecule has 6 rings (SSSR count). The van der Waals surface area contributed by atoms with Crippen LogP contribution in [0.25, 0.3) is 32.6 Å². The van der Waals surface area contributed by atoms with Crippen LogP contribution in [0.3, 0.4) is 0 Å². The third-order valence-electron chi connectivity index (χ3n) is 7.65. The number of anilines is 2. The van der Waals surface area contributed by atoms with E-state index in [1.54, 1.807) is 14.2 Å². The van der Waals surface area contributed by atoms with Gasteiger partial charge in [-0.05, 0) is 72.6 Å². The predicted octanol–water partition coefficient (Wildman–Crippen LogP) is 6.50. The van der Waals surface area contributed by atoms with Gasteiger partial charge in [0, 0.05) is 42.8 Å². The number of nitrogen functional groups attached to an aromatic ring is 1. The van der Waals surface area contributed by atoms with E-state index in [9.17, 15) is 4.79 Å². The fourth-order valence-electron chi connectivity index (χ4n) is 5.25. The van der Waals surface area contributed by atoms with Crippen LogP contribution in [0.1, 0.15) is 15.2 Å². The van der Waals surface area contributed by atoms with Gasteiger partial charge in [0.05, 0.1) is 25.6 Å². The van der Waals surface area contributed by atoms with Gasteiger partial charge < -0.3 is 25.0 Å². The van der Waals surface area contributed by atoms with Crippen LogP contribution in [0.15, 0.2) is 78.9 Å². The molecule has 7 nitrogen and oxygen atoms in total. The smallest absolute Gasteiger partial charge is 0.266 e. The highest BCUT2D eigenvalue weighted by molar-refractivity contribution is 7.21. The van der Waals surface area contributed by atoms with Crippen molar-refractivity contribution in [1.82, 2.24) is 9.88 Å². The van der Waals surface area contributed by atoms with Gasteiger partial charge >= 0.3 is 0 Å². The molecule has 3 aromatic carbocycles. The predicted molar refractivity (Wildman–Crippen MR) is 167 cm³/mol. The summed E-state index contributed by atoms with van der Waals surface area (Å²) in [5, 5.41) is 0.830. The van der Waals surface area contributed by atoms with E-state index >= 15 is 0 Å². The SMILES string of the molecule is COc1ccc(-c2cc(-c3ccc(C)cc3)c3c(N)c(C(=O)N4CCN(c5ccc(OC)cc5)CC4)sc3n2)cc1. The molecular formula is C33H32N4O3S. The number of fused-ring (bicyclic) bond motifs is 1. The summed E-state index contributed by atoms with van der Waals surface area (Å²) < 4.78 is 10.6. The molecule has 0 unspecified atom stereocenters. The summed E-state index contributed by atoms with van der Waals surface area (Å²) >= 11 is 1.38. The van der Waals surface area contributed by atoms with Crippen LogP contribution >= 0.6 is 11.3 Å². The Bertz CT molecular complexity index is 1690. The van der Waals surface area contributed by atoms with Crippen molar-refractivity contribution >= 4 is 38.8 Å². The summed E-state index contributed by atoms with van der Waals surface area (Å²) in [5.74, 6) is 1.58. The standard InChI is InChI=1S/C33H32N4O3S/c1-21-4-6-22(7-5-21)27-20-28(23-8-12-25(39-2)13-9-23)35-32-29(27)30(34)31(41-32)33(38)37-18-16-36(17-19-37)24-10-14-26(40-3)15-11-24/h4-15,20H,16-19,34H2,1-3H3. The lowest BCUT2D eigenvalue weighted by Crippen LogP contribution is -2.48. The zero-order valence-corrected chi connectivity index (χ0v) is 24.2. The molecule has 0 saturated carbocycles. The number of hydrogen-bond acceptors (Lipinski definition) is 7. The van der Waals surface area contributed by atoms with E-state index in [0.29, 0.717) is 23.7 Å². The van der Waals surface area contributed by atoms with Gasteiger partial charge in [-0.2, -0.15) is 0 Å². The van der Waals surface area contributed by atoms with Crippen LogP contribution in [0, 0.1) is 6.92 Å². The average molecular weight is 565 g/mol. The first kappa shape index (κ1) is 26.7. The number of nitrogens with zero attached hydrogens (tertiary/aromatic N) is 3. The van der Waals surface area contributed by atoms with Crippen molar-refractivity contribution in [2.75, 3.05) is 51.0 Å². The maximum atomic E-state index is 13.8. The molecule has 2 aromatic heterocycles. The number of ether oxygens (including phenoxy) is 2. The number of carbonyl (C=O) groups excluding carboxylic acids is 1. The molecule has 0 bridgehead atoms. The molecule has 0 aliphatic carbocycles. The van der Waals surface area contributed by atoms with Crippen LogP contribution in [-0.4, -0.2) is 56.2 Å². The Kier molecular flexibility index (Phi) is 7.24. The molecule has 1 saturated heterocycles. The van der Waals surface area contributed by atoms with E-state index < -0.39 is 0 Å². The van der Waals surface area contributed by atoms with Gasteiger partial charge in [0.2, 0.25) is 0 Å². The Hall–Kier alpha value is -4.56. The fraction of sp³-hybridized carbons (Fsp3) is 0.212. The van der Waals surface area contributed by atoms with E-state index in [4.69, 9.17) is 20.2 Å². The molecule has 0 atom stereocenters.